The molecule has 4 rings (SSSR count). The van der Waals surface area contributed by atoms with Gasteiger partial charge in [0.15, 0.2) is 5.82 Å². The second-order valence-corrected chi connectivity index (χ2v) is 7.62. The van der Waals surface area contributed by atoms with Gasteiger partial charge in [0.25, 0.3) is 0 Å². The van der Waals surface area contributed by atoms with Crippen LogP contribution in [0.5, 0.6) is 0 Å². The molecule has 2 aliphatic heterocycles. The van der Waals surface area contributed by atoms with E-state index in [2.05, 4.69) is 56.9 Å². The summed E-state index contributed by atoms with van der Waals surface area (Å²) in [6.07, 6.45) is 2.25. The molecule has 0 saturated carbocycles. The fraction of sp³-hybridized carbons (Fsp3) is 0.550. The summed E-state index contributed by atoms with van der Waals surface area (Å²) in [7, 11) is 0. The summed E-state index contributed by atoms with van der Waals surface area (Å²) in [5, 5.41) is 8.39. The molecule has 1 aromatic carbocycles. The van der Waals surface area contributed by atoms with E-state index in [4.69, 9.17) is 0 Å². The number of benzene rings is 1. The predicted molar refractivity (Wildman–Crippen MR) is 99.7 cm³/mol. The van der Waals surface area contributed by atoms with Crippen LogP contribution >= 0.6 is 0 Å². The number of likely N-dealkylation sites (tertiary alicyclic amines) is 1. The normalized spacial score (nSPS) is 21.6. The Morgan fingerprint density at radius 2 is 1.88 bits per heavy atom. The predicted octanol–water partition coefficient (Wildman–Crippen LogP) is 2.37. The molecule has 3 heterocycles. The zero-order valence-electron chi connectivity index (χ0n) is 15.6. The van der Waals surface area contributed by atoms with E-state index in [9.17, 15) is 4.79 Å². The van der Waals surface area contributed by atoms with Crippen molar-refractivity contribution in [2.45, 2.75) is 45.2 Å². The van der Waals surface area contributed by atoms with Gasteiger partial charge in [0.1, 0.15) is 5.82 Å². The maximum Gasteiger partial charge on any atom is 0.237 e. The Labute approximate surface area is 154 Å². The van der Waals surface area contributed by atoms with Crippen molar-refractivity contribution in [2.24, 2.45) is 0 Å². The Morgan fingerprint density at radius 3 is 2.62 bits per heavy atom. The zero-order chi connectivity index (χ0) is 18.1. The van der Waals surface area contributed by atoms with Crippen LogP contribution in [-0.4, -0.2) is 56.7 Å². The summed E-state index contributed by atoms with van der Waals surface area (Å²) < 4.78 is 2.15. The standard InChI is InChI=1S/C20H27N5O/c1-15-12-24(13-19-22-21-16(2)25(15)19)20(26)14-23-10-8-18(9-11-23)17-6-4-3-5-7-17/h3-7,15,18H,8-14H2,1-2H3/t15-/m1/s1. The van der Waals surface area contributed by atoms with Gasteiger partial charge in [-0.25, -0.2) is 0 Å². The first-order valence-electron chi connectivity index (χ1n) is 9.57. The summed E-state index contributed by atoms with van der Waals surface area (Å²) in [5.74, 6) is 2.67. The van der Waals surface area contributed by atoms with Crippen molar-refractivity contribution >= 4 is 5.91 Å². The van der Waals surface area contributed by atoms with E-state index >= 15 is 0 Å². The number of amides is 1. The van der Waals surface area contributed by atoms with Crippen molar-refractivity contribution < 1.29 is 4.79 Å². The molecule has 0 spiro atoms. The maximum absolute atomic E-state index is 12.8. The number of rotatable bonds is 3. The minimum absolute atomic E-state index is 0.210. The number of aromatic nitrogens is 3. The highest BCUT2D eigenvalue weighted by atomic mass is 16.2. The number of carbonyl (C=O) groups is 1. The van der Waals surface area contributed by atoms with E-state index in [1.54, 1.807) is 0 Å². The van der Waals surface area contributed by atoms with Crippen LogP contribution in [0.25, 0.3) is 0 Å². The average Bonchev–Trinajstić information content (AvgIpc) is 3.04. The summed E-state index contributed by atoms with van der Waals surface area (Å²) in [4.78, 5) is 17.1. The molecule has 0 radical (unpaired) electrons. The van der Waals surface area contributed by atoms with E-state index in [0.717, 1.165) is 44.1 Å². The van der Waals surface area contributed by atoms with Crippen molar-refractivity contribution in [1.29, 1.82) is 0 Å². The highest BCUT2D eigenvalue weighted by molar-refractivity contribution is 5.78. The van der Waals surface area contributed by atoms with E-state index in [1.165, 1.54) is 5.56 Å². The highest BCUT2D eigenvalue weighted by Gasteiger charge is 2.29. The molecule has 1 fully saturated rings. The molecule has 0 N–H and O–H groups in total. The van der Waals surface area contributed by atoms with Crippen LogP contribution < -0.4 is 0 Å². The van der Waals surface area contributed by atoms with Gasteiger partial charge in [-0.3, -0.25) is 9.69 Å². The van der Waals surface area contributed by atoms with Crippen molar-refractivity contribution in [3.63, 3.8) is 0 Å². The van der Waals surface area contributed by atoms with Gasteiger partial charge >= 0.3 is 0 Å². The number of fused-ring (bicyclic) bond motifs is 1. The van der Waals surface area contributed by atoms with Crippen LogP contribution in [0.2, 0.25) is 0 Å². The summed E-state index contributed by atoms with van der Waals surface area (Å²) in [5.41, 5.74) is 1.43. The summed E-state index contributed by atoms with van der Waals surface area (Å²) in [6, 6.07) is 11.0. The van der Waals surface area contributed by atoms with Crippen LogP contribution in [0.3, 0.4) is 0 Å². The molecule has 1 amide bonds. The number of hydrogen-bond acceptors (Lipinski definition) is 4. The largest absolute Gasteiger partial charge is 0.332 e. The van der Waals surface area contributed by atoms with E-state index in [-0.39, 0.29) is 11.9 Å². The third-order valence-electron chi connectivity index (χ3n) is 5.76. The van der Waals surface area contributed by atoms with Gasteiger partial charge in [0, 0.05) is 6.54 Å². The molecule has 6 nitrogen and oxygen atoms in total. The Balaban J connectivity index is 1.32. The maximum atomic E-state index is 12.8. The fourth-order valence-corrected chi connectivity index (χ4v) is 4.36. The number of piperidine rings is 1. The SMILES string of the molecule is Cc1nnc2n1[C@H](C)CN(C(=O)CN1CCC(c3ccccc3)CC1)C2. The minimum Gasteiger partial charge on any atom is -0.332 e. The second kappa shape index (κ2) is 7.19. The van der Waals surface area contributed by atoms with Gasteiger partial charge in [-0.15, -0.1) is 10.2 Å². The lowest BCUT2D eigenvalue weighted by atomic mass is 9.89. The lowest BCUT2D eigenvalue weighted by molar-refractivity contribution is -0.134. The van der Waals surface area contributed by atoms with Crippen molar-refractivity contribution in [2.75, 3.05) is 26.2 Å². The summed E-state index contributed by atoms with van der Waals surface area (Å²) >= 11 is 0. The van der Waals surface area contributed by atoms with E-state index in [1.807, 2.05) is 11.8 Å². The number of carbonyl (C=O) groups excluding carboxylic acids is 1. The van der Waals surface area contributed by atoms with Gasteiger partial charge in [-0.2, -0.15) is 0 Å². The molecule has 0 unspecified atom stereocenters. The van der Waals surface area contributed by atoms with Gasteiger partial charge in [0.2, 0.25) is 5.91 Å². The monoisotopic (exact) mass is 353 g/mol. The molecular formula is C20H27N5O. The van der Waals surface area contributed by atoms with Crippen LogP contribution in [0.15, 0.2) is 30.3 Å². The molecule has 1 aromatic heterocycles. The zero-order valence-corrected chi connectivity index (χ0v) is 15.6. The van der Waals surface area contributed by atoms with Crippen molar-refractivity contribution in [3.8, 4) is 0 Å². The summed E-state index contributed by atoms with van der Waals surface area (Å²) in [6.45, 7) is 7.91. The van der Waals surface area contributed by atoms with Gasteiger partial charge in [-0.1, -0.05) is 30.3 Å². The van der Waals surface area contributed by atoms with Crippen LogP contribution in [-0.2, 0) is 11.3 Å². The van der Waals surface area contributed by atoms with Crippen molar-refractivity contribution in [3.05, 3.63) is 47.5 Å². The number of hydrogen-bond donors (Lipinski definition) is 0. The van der Waals surface area contributed by atoms with Crippen LogP contribution in [0.4, 0.5) is 0 Å². The molecule has 6 heteroatoms. The van der Waals surface area contributed by atoms with Gasteiger partial charge in [0.05, 0.1) is 19.1 Å². The quantitative estimate of drug-likeness (QED) is 0.850. The molecule has 1 saturated heterocycles. The molecule has 0 bridgehead atoms. The fourth-order valence-electron chi connectivity index (χ4n) is 4.36. The number of aryl methyl sites for hydroxylation is 1. The van der Waals surface area contributed by atoms with E-state index < -0.39 is 0 Å². The third kappa shape index (κ3) is 3.38. The van der Waals surface area contributed by atoms with Crippen molar-refractivity contribution in [1.82, 2.24) is 24.6 Å². The smallest absolute Gasteiger partial charge is 0.237 e. The lowest BCUT2D eigenvalue weighted by Crippen LogP contribution is -2.46. The molecule has 0 aliphatic carbocycles. The Bertz CT molecular complexity index is 764. The third-order valence-corrected chi connectivity index (χ3v) is 5.76. The van der Waals surface area contributed by atoms with Gasteiger partial charge < -0.3 is 9.47 Å². The lowest BCUT2D eigenvalue weighted by Gasteiger charge is -2.36. The number of nitrogens with zero attached hydrogens (tertiary/aromatic N) is 5. The Morgan fingerprint density at radius 1 is 1.15 bits per heavy atom. The molecule has 2 aromatic rings. The molecular weight excluding hydrogens is 326 g/mol. The van der Waals surface area contributed by atoms with Crippen LogP contribution in [0.1, 0.15) is 48.9 Å². The first kappa shape index (κ1) is 17.2. The molecule has 2 aliphatic rings. The minimum atomic E-state index is 0.210. The van der Waals surface area contributed by atoms with Gasteiger partial charge in [-0.05, 0) is 51.3 Å². The molecule has 1 atom stereocenters. The molecule has 138 valence electrons. The molecule has 26 heavy (non-hydrogen) atoms. The van der Waals surface area contributed by atoms with E-state index in [0.29, 0.717) is 19.0 Å². The Hall–Kier alpha value is -2.21. The topological polar surface area (TPSA) is 54.3 Å². The first-order valence-corrected chi connectivity index (χ1v) is 9.57. The highest BCUT2D eigenvalue weighted by Crippen LogP contribution is 2.28. The first-order chi connectivity index (χ1) is 12.6. The Kier molecular flexibility index (Phi) is 4.76. The second-order valence-electron chi connectivity index (χ2n) is 7.62. The average molecular weight is 353 g/mol. The van der Waals surface area contributed by atoms with Crippen LogP contribution in [0, 0.1) is 6.92 Å².